The molecule has 28 heavy (non-hydrogen) atoms. The summed E-state index contributed by atoms with van der Waals surface area (Å²) in [6.45, 7) is 21.3. The Kier molecular flexibility index (Phi) is 9.80. The van der Waals surface area contributed by atoms with Crippen molar-refractivity contribution in [2.45, 2.75) is 97.1 Å². The zero-order valence-electron chi connectivity index (χ0n) is 19.7. The Bertz CT molecular complexity index is 643. The number of benzene rings is 1. The molecular weight excluding hydrogens is 372 g/mol. The fraction of sp³-hybridized carbons (Fsp3) is 0.600. The van der Waals surface area contributed by atoms with Crippen molar-refractivity contribution in [2.24, 2.45) is 0 Å². The molecule has 0 heterocycles. The molecule has 0 amide bonds. The third-order valence-corrected chi connectivity index (χ3v) is 18.3. The maximum Gasteiger partial charge on any atom is 0.169 e. The van der Waals surface area contributed by atoms with E-state index in [9.17, 15) is 0 Å². The third kappa shape index (κ3) is 5.88. The third-order valence-electron chi connectivity index (χ3n) is 6.83. The van der Waals surface area contributed by atoms with Gasteiger partial charge in [0.1, 0.15) is 13.8 Å². The van der Waals surface area contributed by atoms with Gasteiger partial charge >= 0.3 is 0 Å². The van der Waals surface area contributed by atoms with Crippen molar-refractivity contribution in [1.82, 2.24) is 0 Å². The van der Waals surface area contributed by atoms with E-state index in [1.54, 1.807) is 0 Å². The lowest BCUT2D eigenvalue weighted by Crippen LogP contribution is -2.43. The van der Waals surface area contributed by atoms with Gasteiger partial charge in [-0.3, -0.25) is 0 Å². The number of hydrogen-bond donors (Lipinski definition) is 0. The molecule has 0 radical (unpaired) electrons. The van der Waals surface area contributed by atoms with Crippen LogP contribution < -0.4 is 4.74 Å². The van der Waals surface area contributed by atoms with Gasteiger partial charge in [-0.05, 0) is 58.5 Å². The molecule has 1 aromatic rings. The van der Waals surface area contributed by atoms with Crippen LogP contribution >= 0.6 is 0 Å². The van der Waals surface area contributed by atoms with E-state index < -0.39 is 16.1 Å². The molecular formula is C25H42OSi2. The van der Waals surface area contributed by atoms with Gasteiger partial charge in [0, 0.05) is 0 Å². The second kappa shape index (κ2) is 11.1. The lowest BCUT2D eigenvalue weighted by Gasteiger charge is -2.40. The van der Waals surface area contributed by atoms with Crippen molar-refractivity contribution < 1.29 is 4.74 Å². The summed E-state index contributed by atoms with van der Waals surface area (Å²) in [4.78, 5) is 0. The van der Waals surface area contributed by atoms with Crippen LogP contribution in [0.1, 0.15) is 62.3 Å². The normalized spacial score (nSPS) is 13.1. The van der Waals surface area contributed by atoms with Gasteiger partial charge in [-0.1, -0.05) is 80.5 Å². The number of rotatable bonds is 9. The van der Waals surface area contributed by atoms with Crippen molar-refractivity contribution in [1.29, 1.82) is 0 Å². The number of allylic oxidation sites excluding steroid dienone is 1. The van der Waals surface area contributed by atoms with Crippen LogP contribution in [0, 0.1) is 11.5 Å². The Hall–Kier alpha value is -1.25. The molecule has 0 spiro atoms. The largest absolute Gasteiger partial charge is 0.449 e. The monoisotopic (exact) mass is 414 g/mol. The maximum absolute atomic E-state index is 6.39. The smallest absolute Gasteiger partial charge is 0.169 e. The van der Waals surface area contributed by atoms with Crippen LogP contribution in [-0.4, -0.2) is 16.1 Å². The number of hydrogen-bond acceptors (Lipinski definition) is 1. The molecule has 0 saturated carbocycles. The van der Waals surface area contributed by atoms with Crippen molar-refractivity contribution in [3.05, 3.63) is 41.8 Å². The van der Waals surface area contributed by atoms with Gasteiger partial charge in [0.15, 0.2) is 5.76 Å². The molecule has 0 N–H and O–H groups in total. The first-order valence-electron chi connectivity index (χ1n) is 11.2. The highest BCUT2D eigenvalue weighted by Crippen LogP contribution is 2.43. The summed E-state index contributed by atoms with van der Waals surface area (Å²) in [5, 5.41) is 0. The molecule has 0 fully saturated rings. The summed E-state index contributed by atoms with van der Waals surface area (Å²) in [5.41, 5.74) is 8.20. The van der Waals surface area contributed by atoms with E-state index in [1.807, 2.05) is 30.3 Å². The first kappa shape index (κ1) is 24.8. The average Bonchev–Trinajstić information content (AvgIpc) is 2.67. The topological polar surface area (TPSA) is 9.23 Å². The highest BCUT2D eigenvalue weighted by Gasteiger charge is 2.41. The van der Waals surface area contributed by atoms with Crippen LogP contribution in [-0.2, 0) is 0 Å². The van der Waals surface area contributed by atoms with Gasteiger partial charge in [0.25, 0.3) is 0 Å². The molecule has 0 bridgehead atoms. The summed E-state index contributed by atoms with van der Waals surface area (Å²) in [6, 6.07) is 13.8. The zero-order valence-corrected chi connectivity index (χ0v) is 21.7. The fourth-order valence-electron chi connectivity index (χ4n) is 4.64. The van der Waals surface area contributed by atoms with Crippen molar-refractivity contribution in [2.75, 3.05) is 0 Å². The highest BCUT2D eigenvalue weighted by atomic mass is 28.3. The first-order valence-corrected chi connectivity index (χ1v) is 16.1. The van der Waals surface area contributed by atoms with Gasteiger partial charge in [-0.25, -0.2) is 0 Å². The van der Waals surface area contributed by atoms with Crippen LogP contribution in [0.2, 0.25) is 34.8 Å². The van der Waals surface area contributed by atoms with Crippen LogP contribution in [0.25, 0.3) is 0 Å². The molecule has 0 unspecified atom stereocenters. The van der Waals surface area contributed by atoms with Crippen LogP contribution in [0.3, 0.4) is 0 Å². The minimum absolute atomic E-state index is 0.647. The highest BCUT2D eigenvalue weighted by molar-refractivity contribution is 6.88. The van der Waals surface area contributed by atoms with Crippen molar-refractivity contribution >= 4 is 16.1 Å². The maximum atomic E-state index is 6.39. The number of ether oxygens (including phenoxy) is 1. The molecule has 156 valence electrons. The van der Waals surface area contributed by atoms with Gasteiger partial charge < -0.3 is 4.74 Å². The molecule has 1 nitrogen and oxygen atoms in total. The Morgan fingerprint density at radius 3 is 1.71 bits per heavy atom. The van der Waals surface area contributed by atoms with Crippen molar-refractivity contribution in [3.63, 3.8) is 0 Å². The van der Waals surface area contributed by atoms with E-state index in [-0.39, 0.29) is 0 Å². The molecule has 0 aromatic heterocycles. The van der Waals surface area contributed by atoms with Gasteiger partial charge in [-0.15, -0.1) is 5.54 Å². The van der Waals surface area contributed by atoms with E-state index >= 15 is 0 Å². The SMILES string of the molecule is CC[Si](C#C/C(=C\[Si](C(C)C)(C(C)C)C(C)C)Oc1ccccc1)(CC)CC. The molecule has 0 aliphatic carbocycles. The van der Waals surface area contributed by atoms with Gasteiger partial charge in [-0.2, -0.15) is 0 Å². The Morgan fingerprint density at radius 1 is 0.857 bits per heavy atom. The summed E-state index contributed by atoms with van der Waals surface area (Å²) < 4.78 is 6.39. The van der Waals surface area contributed by atoms with E-state index in [1.165, 1.54) is 18.1 Å². The molecule has 1 aromatic carbocycles. The Morgan fingerprint density at radius 2 is 1.32 bits per heavy atom. The standard InChI is InChI=1S/C25H42OSi2/c1-10-27(11-2,12-3)19-18-25(26-24-16-14-13-15-17-24)20-28(21(4)5,22(6)7)23(8)9/h13-17,20-23H,10-12H2,1-9H3/b25-20+. The lowest BCUT2D eigenvalue weighted by atomic mass is 10.3. The number of para-hydroxylation sites is 1. The minimum Gasteiger partial charge on any atom is -0.449 e. The average molecular weight is 415 g/mol. The molecule has 3 heteroatoms. The zero-order chi connectivity index (χ0) is 21.4. The van der Waals surface area contributed by atoms with Crippen LogP contribution in [0.15, 0.2) is 41.8 Å². The van der Waals surface area contributed by atoms with E-state index in [4.69, 9.17) is 4.74 Å². The van der Waals surface area contributed by atoms with Crippen LogP contribution in [0.4, 0.5) is 0 Å². The van der Waals surface area contributed by atoms with Crippen LogP contribution in [0.5, 0.6) is 5.75 Å². The molecule has 0 saturated heterocycles. The predicted molar refractivity (Wildman–Crippen MR) is 131 cm³/mol. The summed E-state index contributed by atoms with van der Waals surface area (Å²) in [5.74, 6) is 5.35. The lowest BCUT2D eigenvalue weighted by molar-refractivity contribution is 0.450. The summed E-state index contributed by atoms with van der Waals surface area (Å²) in [7, 11) is -3.27. The predicted octanol–water partition coefficient (Wildman–Crippen LogP) is 8.22. The molecule has 0 aliphatic rings. The van der Waals surface area contributed by atoms with E-state index in [0.717, 1.165) is 11.5 Å². The molecule has 0 atom stereocenters. The first-order chi connectivity index (χ1) is 13.2. The van der Waals surface area contributed by atoms with Gasteiger partial charge in [0.2, 0.25) is 0 Å². The fourth-order valence-corrected chi connectivity index (χ4v) is 12.6. The Balaban J connectivity index is 3.55. The summed E-state index contributed by atoms with van der Waals surface area (Å²) >= 11 is 0. The van der Waals surface area contributed by atoms with E-state index in [0.29, 0.717) is 16.6 Å². The molecule has 1 rings (SSSR count). The Labute approximate surface area is 177 Å². The quantitative estimate of drug-likeness (QED) is 0.225. The van der Waals surface area contributed by atoms with Crippen molar-refractivity contribution in [3.8, 4) is 17.2 Å². The van der Waals surface area contributed by atoms with Gasteiger partial charge in [0.05, 0.1) is 8.07 Å². The second-order valence-corrected chi connectivity index (χ2v) is 19.7. The van der Waals surface area contributed by atoms with E-state index in [2.05, 4.69) is 79.5 Å². The minimum atomic E-state index is -1.75. The molecule has 0 aliphatic heterocycles. The summed E-state index contributed by atoms with van der Waals surface area (Å²) in [6.07, 6.45) is 0. The second-order valence-electron chi connectivity index (χ2n) is 8.98.